The van der Waals surface area contributed by atoms with E-state index in [0.717, 1.165) is 44.9 Å². The first-order valence-electron chi connectivity index (χ1n) is 20.1. The van der Waals surface area contributed by atoms with Crippen molar-refractivity contribution in [1.29, 1.82) is 0 Å². The standard InChI is InChI=1S/C40H79NO5/c1-3-5-7-9-11-13-14-15-16-17-18-19-20-21-22-23-24-25-26-28-30-32-34-38(44)40(46)41-36(35-42)39(45)37(43)33-31-29-27-12-10-8-6-4-2/h21-22,36-39,42-45H,3-20,23-35H2,1-2H3,(H,41,46)/b22-21-. The number of hydrogen-bond acceptors (Lipinski definition) is 5. The molecule has 0 aliphatic carbocycles. The van der Waals surface area contributed by atoms with Crippen LogP contribution >= 0.6 is 0 Å². The lowest BCUT2D eigenvalue weighted by Crippen LogP contribution is -2.53. The molecule has 0 aromatic heterocycles. The number of amides is 1. The monoisotopic (exact) mass is 654 g/mol. The Morgan fingerprint density at radius 2 is 0.870 bits per heavy atom. The van der Waals surface area contributed by atoms with Gasteiger partial charge in [-0.25, -0.2) is 0 Å². The van der Waals surface area contributed by atoms with Gasteiger partial charge < -0.3 is 25.7 Å². The Morgan fingerprint density at radius 1 is 0.522 bits per heavy atom. The van der Waals surface area contributed by atoms with Crippen molar-refractivity contribution in [3.05, 3.63) is 12.2 Å². The van der Waals surface area contributed by atoms with E-state index in [1.54, 1.807) is 0 Å². The van der Waals surface area contributed by atoms with Crippen LogP contribution in [0.3, 0.4) is 0 Å². The van der Waals surface area contributed by atoms with E-state index in [1.165, 1.54) is 135 Å². The molecule has 6 heteroatoms. The van der Waals surface area contributed by atoms with Gasteiger partial charge in [-0.05, 0) is 38.5 Å². The Hall–Kier alpha value is -0.950. The first-order chi connectivity index (χ1) is 22.5. The number of aliphatic hydroxyl groups is 4. The van der Waals surface area contributed by atoms with Crippen LogP contribution in [0.15, 0.2) is 12.2 Å². The van der Waals surface area contributed by atoms with Gasteiger partial charge in [0.25, 0.3) is 0 Å². The maximum Gasteiger partial charge on any atom is 0.249 e. The fourth-order valence-electron chi connectivity index (χ4n) is 6.22. The van der Waals surface area contributed by atoms with Crippen LogP contribution in [-0.4, -0.2) is 57.3 Å². The highest BCUT2D eigenvalue weighted by Crippen LogP contribution is 2.15. The largest absolute Gasteiger partial charge is 0.394 e. The number of carbonyl (C=O) groups excluding carboxylic acids is 1. The van der Waals surface area contributed by atoms with Crippen LogP contribution in [0.5, 0.6) is 0 Å². The maximum atomic E-state index is 12.4. The SMILES string of the molecule is CCCCCCCCCCCCCC/C=C\CCCCCCCCC(O)C(=O)NC(CO)C(O)C(O)CCCCCCCCCC. The summed E-state index contributed by atoms with van der Waals surface area (Å²) < 4.78 is 0. The summed E-state index contributed by atoms with van der Waals surface area (Å²) >= 11 is 0. The average Bonchev–Trinajstić information content (AvgIpc) is 3.06. The molecular weight excluding hydrogens is 574 g/mol. The number of rotatable bonds is 36. The number of hydrogen-bond donors (Lipinski definition) is 5. The van der Waals surface area contributed by atoms with Crippen molar-refractivity contribution in [2.75, 3.05) is 6.61 Å². The minimum Gasteiger partial charge on any atom is -0.394 e. The number of allylic oxidation sites excluding steroid dienone is 2. The smallest absolute Gasteiger partial charge is 0.249 e. The molecule has 0 spiro atoms. The van der Waals surface area contributed by atoms with Crippen LogP contribution in [-0.2, 0) is 4.79 Å². The Bertz CT molecular complexity index is 658. The molecular formula is C40H79NO5. The van der Waals surface area contributed by atoms with E-state index in [1.807, 2.05) is 0 Å². The van der Waals surface area contributed by atoms with Gasteiger partial charge in [0.15, 0.2) is 0 Å². The summed E-state index contributed by atoms with van der Waals surface area (Å²) in [6.07, 6.45) is 36.8. The number of unbranched alkanes of at least 4 members (excludes halogenated alkanes) is 25. The lowest BCUT2D eigenvalue weighted by Gasteiger charge is -2.27. The summed E-state index contributed by atoms with van der Waals surface area (Å²) in [5.41, 5.74) is 0. The minimum absolute atomic E-state index is 0.364. The van der Waals surface area contributed by atoms with Crippen molar-refractivity contribution in [2.45, 2.75) is 231 Å². The Balaban J connectivity index is 3.69. The quantitative estimate of drug-likeness (QED) is 0.0342. The van der Waals surface area contributed by atoms with E-state index in [0.29, 0.717) is 12.8 Å². The van der Waals surface area contributed by atoms with Gasteiger partial charge in [-0.3, -0.25) is 4.79 Å². The second-order valence-electron chi connectivity index (χ2n) is 14.0. The van der Waals surface area contributed by atoms with Crippen molar-refractivity contribution in [3.8, 4) is 0 Å². The van der Waals surface area contributed by atoms with Gasteiger partial charge in [-0.15, -0.1) is 0 Å². The molecule has 0 aromatic carbocycles. The summed E-state index contributed by atoms with van der Waals surface area (Å²) in [7, 11) is 0. The third-order valence-corrected chi connectivity index (χ3v) is 9.48. The molecule has 0 fully saturated rings. The number of carbonyl (C=O) groups is 1. The zero-order chi connectivity index (χ0) is 33.9. The van der Waals surface area contributed by atoms with Gasteiger partial charge in [0, 0.05) is 0 Å². The third kappa shape index (κ3) is 29.2. The molecule has 6 nitrogen and oxygen atoms in total. The molecule has 46 heavy (non-hydrogen) atoms. The van der Waals surface area contributed by atoms with Crippen molar-refractivity contribution in [2.24, 2.45) is 0 Å². The van der Waals surface area contributed by atoms with Gasteiger partial charge in [0.05, 0.1) is 18.8 Å². The van der Waals surface area contributed by atoms with Crippen LogP contribution in [0.2, 0.25) is 0 Å². The molecule has 0 radical (unpaired) electrons. The van der Waals surface area contributed by atoms with Gasteiger partial charge in [-0.2, -0.15) is 0 Å². The zero-order valence-corrected chi connectivity index (χ0v) is 30.6. The summed E-state index contributed by atoms with van der Waals surface area (Å²) in [6, 6.07) is -0.982. The van der Waals surface area contributed by atoms with E-state index in [-0.39, 0.29) is 0 Å². The fourth-order valence-corrected chi connectivity index (χ4v) is 6.22. The highest BCUT2D eigenvalue weighted by atomic mass is 16.3. The van der Waals surface area contributed by atoms with E-state index >= 15 is 0 Å². The van der Waals surface area contributed by atoms with Gasteiger partial charge in [-0.1, -0.05) is 180 Å². The summed E-state index contributed by atoms with van der Waals surface area (Å²) in [5, 5.41) is 43.3. The number of nitrogens with one attached hydrogen (secondary N) is 1. The van der Waals surface area contributed by atoms with Crippen molar-refractivity contribution in [1.82, 2.24) is 5.32 Å². The molecule has 0 heterocycles. The molecule has 0 rings (SSSR count). The Morgan fingerprint density at radius 3 is 1.26 bits per heavy atom. The zero-order valence-electron chi connectivity index (χ0n) is 30.6. The molecule has 0 saturated carbocycles. The first kappa shape index (κ1) is 45.0. The van der Waals surface area contributed by atoms with Crippen LogP contribution in [0.1, 0.15) is 206 Å². The highest BCUT2D eigenvalue weighted by molar-refractivity contribution is 5.80. The maximum absolute atomic E-state index is 12.4. The average molecular weight is 654 g/mol. The van der Waals surface area contributed by atoms with E-state index in [4.69, 9.17) is 0 Å². The predicted octanol–water partition coefficient (Wildman–Crippen LogP) is 9.85. The lowest BCUT2D eigenvalue weighted by molar-refractivity contribution is -0.132. The van der Waals surface area contributed by atoms with Crippen LogP contribution in [0.25, 0.3) is 0 Å². The minimum atomic E-state index is -1.25. The predicted molar refractivity (Wildman–Crippen MR) is 196 cm³/mol. The first-order valence-corrected chi connectivity index (χ1v) is 20.1. The van der Waals surface area contributed by atoms with Crippen LogP contribution in [0, 0.1) is 0 Å². The number of aliphatic hydroxyl groups excluding tert-OH is 4. The third-order valence-electron chi connectivity index (χ3n) is 9.48. The van der Waals surface area contributed by atoms with Gasteiger partial charge >= 0.3 is 0 Å². The second-order valence-corrected chi connectivity index (χ2v) is 14.0. The summed E-state index contributed by atoms with van der Waals surface area (Å²) in [6.45, 7) is 4.00. The van der Waals surface area contributed by atoms with Crippen molar-refractivity contribution < 1.29 is 25.2 Å². The molecule has 0 aliphatic heterocycles. The van der Waals surface area contributed by atoms with E-state index in [2.05, 4.69) is 31.3 Å². The molecule has 0 saturated heterocycles. The molecule has 1 amide bonds. The van der Waals surface area contributed by atoms with Crippen LogP contribution < -0.4 is 5.32 Å². The Kier molecular flexibility index (Phi) is 34.6. The Labute approximate surface area is 285 Å². The van der Waals surface area contributed by atoms with E-state index in [9.17, 15) is 25.2 Å². The summed E-state index contributed by atoms with van der Waals surface area (Å²) in [5.74, 6) is -0.590. The molecule has 5 N–H and O–H groups in total. The van der Waals surface area contributed by atoms with Gasteiger partial charge in [0.1, 0.15) is 12.2 Å². The molecule has 4 atom stereocenters. The molecule has 0 aromatic rings. The highest BCUT2D eigenvalue weighted by Gasteiger charge is 2.28. The van der Waals surface area contributed by atoms with Crippen LogP contribution in [0.4, 0.5) is 0 Å². The molecule has 0 bridgehead atoms. The van der Waals surface area contributed by atoms with Gasteiger partial charge in [0.2, 0.25) is 5.91 Å². The molecule has 4 unspecified atom stereocenters. The van der Waals surface area contributed by atoms with Crippen molar-refractivity contribution >= 4 is 5.91 Å². The normalized spacial score (nSPS) is 14.5. The summed E-state index contributed by atoms with van der Waals surface area (Å²) in [4.78, 5) is 12.4. The van der Waals surface area contributed by atoms with E-state index < -0.39 is 36.9 Å². The lowest BCUT2D eigenvalue weighted by atomic mass is 9.99. The molecule has 274 valence electrons. The second kappa shape index (κ2) is 35.4. The molecule has 0 aliphatic rings. The topological polar surface area (TPSA) is 110 Å². The van der Waals surface area contributed by atoms with Crippen molar-refractivity contribution in [3.63, 3.8) is 0 Å². The fraction of sp³-hybridized carbons (Fsp3) is 0.925.